The van der Waals surface area contributed by atoms with E-state index in [4.69, 9.17) is 9.47 Å². The Morgan fingerprint density at radius 3 is 2.55 bits per heavy atom. The summed E-state index contributed by atoms with van der Waals surface area (Å²) in [5.41, 5.74) is 1.89. The zero-order chi connectivity index (χ0) is 22.4. The van der Waals surface area contributed by atoms with E-state index in [1.165, 1.54) is 19.2 Å². The number of halogens is 1. The summed E-state index contributed by atoms with van der Waals surface area (Å²) in [4.78, 5) is 27.2. The van der Waals surface area contributed by atoms with Gasteiger partial charge in [-0.2, -0.15) is 5.10 Å². The highest BCUT2D eigenvalue weighted by Crippen LogP contribution is 2.44. The first kappa shape index (κ1) is 21.1. The second-order valence-electron chi connectivity index (χ2n) is 9.02. The summed E-state index contributed by atoms with van der Waals surface area (Å²) in [6, 6.07) is 6.13. The van der Waals surface area contributed by atoms with Crippen LogP contribution in [-0.2, 0) is 27.1 Å². The molecule has 0 radical (unpaired) electrons. The van der Waals surface area contributed by atoms with Crippen LogP contribution in [-0.4, -0.2) is 52.5 Å². The minimum Gasteiger partial charge on any atom is -0.468 e. The van der Waals surface area contributed by atoms with Gasteiger partial charge in [0.05, 0.1) is 24.7 Å². The largest absolute Gasteiger partial charge is 0.468 e. The molecule has 0 N–H and O–H groups in total. The van der Waals surface area contributed by atoms with Gasteiger partial charge in [0.15, 0.2) is 0 Å². The number of hydrogen-bond donors (Lipinski definition) is 0. The number of amides is 1. The van der Waals surface area contributed by atoms with E-state index in [0.717, 1.165) is 22.5 Å². The van der Waals surface area contributed by atoms with E-state index in [-0.39, 0.29) is 18.3 Å². The highest BCUT2D eigenvalue weighted by molar-refractivity contribution is 5.84. The van der Waals surface area contributed by atoms with Gasteiger partial charge in [0.25, 0.3) is 0 Å². The molecule has 1 amide bonds. The number of methoxy groups -OCH3 is 1. The first-order chi connectivity index (χ1) is 14.6. The number of carbonyl (C=O) groups is 2. The first-order valence-corrected chi connectivity index (χ1v) is 10.2. The molecular formula is C23H26FN3O4. The minimum atomic E-state index is -0.979. The van der Waals surface area contributed by atoms with E-state index in [2.05, 4.69) is 5.10 Å². The molecule has 0 saturated heterocycles. The van der Waals surface area contributed by atoms with Crippen molar-refractivity contribution in [3.05, 3.63) is 59.2 Å². The van der Waals surface area contributed by atoms with Crippen molar-refractivity contribution in [1.29, 1.82) is 0 Å². The molecule has 0 fully saturated rings. The van der Waals surface area contributed by atoms with Crippen molar-refractivity contribution in [2.24, 2.45) is 5.41 Å². The van der Waals surface area contributed by atoms with Gasteiger partial charge in [-0.05, 0) is 62.6 Å². The second-order valence-corrected chi connectivity index (χ2v) is 9.02. The zero-order valence-electron chi connectivity index (χ0n) is 18.1. The third-order valence-electron chi connectivity index (χ3n) is 5.74. The van der Waals surface area contributed by atoms with Crippen LogP contribution in [0.2, 0.25) is 0 Å². The SMILES string of the molecule is COC(=O)[C@]12Cc3cnn(-c4ccc(F)cc4)c3CC1=CCN(C(=O)OC(C)(C)C)C2. The highest BCUT2D eigenvalue weighted by atomic mass is 19.1. The molecule has 4 rings (SSSR count). The van der Waals surface area contributed by atoms with Crippen LogP contribution in [0.1, 0.15) is 32.0 Å². The van der Waals surface area contributed by atoms with Gasteiger partial charge < -0.3 is 14.4 Å². The van der Waals surface area contributed by atoms with E-state index >= 15 is 0 Å². The Bertz CT molecular complexity index is 1050. The molecule has 1 aliphatic heterocycles. The third-order valence-corrected chi connectivity index (χ3v) is 5.74. The minimum absolute atomic E-state index is 0.182. The predicted molar refractivity (Wildman–Crippen MR) is 111 cm³/mol. The molecule has 7 nitrogen and oxygen atoms in total. The van der Waals surface area contributed by atoms with Crippen molar-refractivity contribution >= 4 is 12.1 Å². The molecule has 2 heterocycles. The number of esters is 1. The predicted octanol–water partition coefficient (Wildman–Crippen LogP) is 3.45. The van der Waals surface area contributed by atoms with Crippen LogP contribution < -0.4 is 0 Å². The molecule has 164 valence electrons. The zero-order valence-corrected chi connectivity index (χ0v) is 18.1. The number of ether oxygens (including phenoxy) is 2. The molecule has 31 heavy (non-hydrogen) atoms. The molecule has 0 bridgehead atoms. The third kappa shape index (κ3) is 3.82. The number of rotatable bonds is 2. The quantitative estimate of drug-likeness (QED) is 0.542. The smallest absolute Gasteiger partial charge is 0.410 e. The Kier molecular flexibility index (Phi) is 5.11. The first-order valence-electron chi connectivity index (χ1n) is 10.2. The Morgan fingerprint density at radius 1 is 1.19 bits per heavy atom. The lowest BCUT2D eigenvalue weighted by atomic mass is 9.67. The molecule has 2 aromatic rings. The van der Waals surface area contributed by atoms with Crippen molar-refractivity contribution in [3.63, 3.8) is 0 Å². The molecule has 1 aliphatic carbocycles. The Hall–Kier alpha value is -3.16. The van der Waals surface area contributed by atoms with Crippen LogP contribution in [0, 0.1) is 11.2 Å². The molecule has 8 heteroatoms. The summed E-state index contributed by atoms with van der Waals surface area (Å²) in [6.45, 7) is 5.96. The van der Waals surface area contributed by atoms with Crippen LogP contribution in [0.25, 0.3) is 5.69 Å². The van der Waals surface area contributed by atoms with E-state index in [1.807, 2.05) is 26.8 Å². The van der Waals surface area contributed by atoms with Crippen LogP contribution in [0.15, 0.2) is 42.1 Å². The Balaban J connectivity index is 1.69. The number of benzene rings is 1. The fraction of sp³-hybridized carbons (Fsp3) is 0.435. The molecule has 1 aromatic carbocycles. The summed E-state index contributed by atoms with van der Waals surface area (Å²) < 4.78 is 25.8. The molecule has 0 unspecified atom stereocenters. The summed E-state index contributed by atoms with van der Waals surface area (Å²) >= 11 is 0. The number of fused-ring (bicyclic) bond motifs is 2. The Morgan fingerprint density at radius 2 is 1.90 bits per heavy atom. The molecule has 1 aromatic heterocycles. The molecule has 0 saturated carbocycles. The molecular weight excluding hydrogens is 401 g/mol. The van der Waals surface area contributed by atoms with Gasteiger partial charge in [0, 0.05) is 19.5 Å². The van der Waals surface area contributed by atoms with Crippen LogP contribution >= 0.6 is 0 Å². The number of carbonyl (C=O) groups excluding carboxylic acids is 2. The lowest BCUT2D eigenvalue weighted by Gasteiger charge is -2.43. The van der Waals surface area contributed by atoms with Gasteiger partial charge in [-0.25, -0.2) is 13.9 Å². The van der Waals surface area contributed by atoms with Crippen molar-refractivity contribution < 1.29 is 23.5 Å². The van der Waals surface area contributed by atoms with Crippen LogP contribution in [0.4, 0.5) is 9.18 Å². The molecule has 2 aliphatic rings. The van der Waals surface area contributed by atoms with E-state index in [1.54, 1.807) is 27.9 Å². The van der Waals surface area contributed by atoms with Crippen molar-refractivity contribution in [2.75, 3.05) is 20.2 Å². The fourth-order valence-electron chi connectivity index (χ4n) is 4.30. The van der Waals surface area contributed by atoms with Gasteiger partial charge in [0.1, 0.15) is 16.8 Å². The standard InChI is InChI=1S/C23H26FN3O4/c1-22(2,3)31-21(29)26-10-9-16-11-19-15(12-23(16,14-26)20(28)30-4)13-25-27(19)18-7-5-17(24)6-8-18/h5-9,13H,10-12,14H2,1-4H3/t23-/m0/s1. The van der Waals surface area contributed by atoms with Crippen LogP contribution in [0.3, 0.4) is 0 Å². The number of hydrogen-bond acceptors (Lipinski definition) is 5. The highest BCUT2D eigenvalue weighted by Gasteiger charge is 2.51. The van der Waals surface area contributed by atoms with Crippen molar-refractivity contribution in [1.82, 2.24) is 14.7 Å². The molecule has 0 spiro atoms. The summed E-state index contributed by atoms with van der Waals surface area (Å²) in [7, 11) is 1.36. The summed E-state index contributed by atoms with van der Waals surface area (Å²) in [5, 5.41) is 4.48. The lowest BCUT2D eigenvalue weighted by molar-refractivity contribution is -0.152. The summed E-state index contributed by atoms with van der Waals surface area (Å²) in [5.74, 6) is -0.695. The molecule has 1 atom stereocenters. The number of nitrogens with zero attached hydrogens (tertiary/aromatic N) is 3. The normalized spacial score (nSPS) is 20.4. The maximum Gasteiger partial charge on any atom is 0.410 e. The topological polar surface area (TPSA) is 73.7 Å². The van der Waals surface area contributed by atoms with E-state index in [9.17, 15) is 14.0 Å². The van der Waals surface area contributed by atoms with Crippen LogP contribution in [0.5, 0.6) is 0 Å². The average molecular weight is 427 g/mol. The van der Waals surface area contributed by atoms with E-state index in [0.29, 0.717) is 19.4 Å². The van der Waals surface area contributed by atoms with Gasteiger partial charge in [-0.3, -0.25) is 4.79 Å². The van der Waals surface area contributed by atoms with Crippen molar-refractivity contribution in [2.45, 2.75) is 39.2 Å². The fourth-order valence-corrected chi connectivity index (χ4v) is 4.30. The number of aromatic nitrogens is 2. The lowest BCUT2D eigenvalue weighted by Crippen LogP contribution is -2.54. The van der Waals surface area contributed by atoms with Gasteiger partial charge in [-0.1, -0.05) is 6.08 Å². The van der Waals surface area contributed by atoms with E-state index < -0.39 is 17.1 Å². The van der Waals surface area contributed by atoms with Crippen molar-refractivity contribution in [3.8, 4) is 5.69 Å². The Labute approximate surface area is 180 Å². The second kappa shape index (κ2) is 7.51. The summed E-state index contributed by atoms with van der Waals surface area (Å²) in [6.07, 6.45) is 4.03. The maximum atomic E-state index is 13.3. The van der Waals surface area contributed by atoms with Gasteiger partial charge in [-0.15, -0.1) is 0 Å². The van der Waals surface area contributed by atoms with Gasteiger partial charge >= 0.3 is 12.1 Å². The average Bonchev–Trinajstić information content (AvgIpc) is 3.12. The maximum absolute atomic E-state index is 13.3. The van der Waals surface area contributed by atoms with Gasteiger partial charge in [0.2, 0.25) is 0 Å². The monoisotopic (exact) mass is 427 g/mol.